The van der Waals surface area contributed by atoms with Gasteiger partial charge in [0, 0.05) is 44.1 Å². The molecule has 2 aromatic carbocycles. The first-order valence-electron chi connectivity index (χ1n) is 13.1. The monoisotopic (exact) mass is 616 g/mol. The van der Waals surface area contributed by atoms with Crippen LogP contribution in [0.2, 0.25) is 0 Å². The number of hydrazine groups is 1. The van der Waals surface area contributed by atoms with Crippen LogP contribution < -0.4 is 9.47 Å². The summed E-state index contributed by atoms with van der Waals surface area (Å²) in [6.07, 6.45) is 1.44. The van der Waals surface area contributed by atoms with Gasteiger partial charge in [-0.1, -0.05) is 30.3 Å². The number of rotatable bonds is 14. The fourth-order valence-electron chi connectivity index (χ4n) is 4.16. The third-order valence-electron chi connectivity index (χ3n) is 6.78. The number of sulfonamides is 1. The minimum absolute atomic E-state index is 0.0205. The zero-order valence-electron chi connectivity index (χ0n) is 24.6. The van der Waals surface area contributed by atoms with Crippen molar-refractivity contribution in [3.63, 3.8) is 0 Å². The minimum Gasteiger partial charge on any atom is -0.496 e. The highest BCUT2D eigenvalue weighted by Crippen LogP contribution is 2.30. The van der Waals surface area contributed by atoms with Crippen molar-refractivity contribution in [3.8, 4) is 11.5 Å². The van der Waals surface area contributed by atoms with Crippen LogP contribution in [0.3, 0.4) is 0 Å². The molecule has 11 nitrogen and oxygen atoms in total. The number of carbonyl (C=O) groups excluding carboxylic acids is 3. The number of ether oxygens (including phenoxy) is 2. The molecule has 0 spiro atoms. The average Bonchev–Trinajstić information content (AvgIpc) is 3.44. The summed E-state index contributed by atoms with van der Waals surface area (Å²) in [5.41, 5.74) is 2.27. The maximum absolute atomic E-state index is 13.8. The standard InChI is InChI=1S/C29H36N4O7S2/c1-20-26(39-5)15-23(16-27(20)40-6)29(36)33(14-10-13-22-11-8-7-9-12-22)17-28-30-24(18-41-28)25(35)19-42(37,38)32(4)31(3)21(2)34/h7-9,11-12,15-16,18H,10,13-14,17,19H2,1-6H3. The molecule has 226 valence electrons. The van der Waals surface area contributed by atoms with E-state index in [2.05, 4.69) is 4.98 Å². The number of hydrogen-bond donors (Lipinski definition) is 0. The minimum atomic E-state index is -4.11. The van der Waals surface area contributed by atoms with E-state index >= 15 is 0 Å². The van der Waals surface area contributed by atoms with Gasteiger partial charge in [0.25, 0.3) is 5.91 Å². The van der Waals surface area contributed by atoms with Gasteiger partial charge in [0.15, 0.2) is 5.78 Å². The molecule has 0 N–H and O–H groups in total. The van der Waals surface area contributed by atoms with Gasteiger partial charge in [-0.05, 0) is 37.5 Å². The Balaban J connectivity index is 1.82. The van der Waals surface area contributed by atoms with Crippen molar-refractivity contribution in [2.45, 2.75) is 33.2 Å². The number of nitrogens with zero attached hydrogens (tertiary/aromatic N) is 4. The van der Waals surface area contributed by atoms with Gasteiger partial charge >= 0.3 is 0 Å². The summed E-state index contributed by atoms with van der Waals surface area (Å²) >= 11 is 1.16. The van der Waals surface area contributed by atoms with E-state index in [1.807, 2.05) is 37.3 Å². The molecule has 1 aromatic heterocycles. The summed E-state index contributed by atoms with van der Waals surface area (Å²) in [7, 11) is 1.44. The largest absolute Gasteiger partial charge is 0.496 e. The summed E-state index contributed by atoms with van der Waals surface area (Å²) in [6, 6.07) is 13.3. The lowest BCUT2D eigenvalue weighted by molar-refractivity contribution is -0.135. The van der Waals surface area contributed by atoms with Crippen LogP contribution in [0.15, 0.2) is 47.8 Å². The second-order valence-electron chi connectivity index (χ2n) is 9.60. The van der Waals surface area contributed by atoms with E-state index in [-0.39, 0.29) is 18.1 Å². The van der Waals surface area contributed by atoms with Crippen molar-refractivity contribution in [2.75, 3.05) is 40.6 Å². The summed E-state index contributed by atoms with van der Waals surface area (Å²) < 4.78 is 37.0. The highest BCUT2D eigenvalue weighted by molar-refractivity contribution is 7.89. The molecule has 3 rings (SSSR count). The molecule has 0 fully saturated rings. The molecule has 2 amide bonds. The van der Waals surface area contributed by atoms with E-state index in [0.717, 1.165) is 38.3 Å². The second kappa shape index (κ2) is 14.4. The molecule has 0 saturated carbocycles. The average molecular weight is 617 g/mol. The van der Waals surface area contributed by atoms with Crippen LogP contribution in [-0.2, 0) is 27.8 Å². The first kappa shape index (κ1) is 32.7. The molecule has 0 saturated heterocycles. The third-order valence-corrected chi connectivity index (χ3v) is 9.29. The van der Waals surface area contributed by atoms with Crippen molar-refractivity contribution in [1.29, 1.82) is 0 Å². The Bertz CT molecular complexity index is 1500. The lowest BCUT2D eigenvalue weighted by atomic mass is 10.1. The van der Waals surface area contributed by atoms with Gasteiger partial charge in [0.1, 0.15) is 28.0 Å². The molecule has 0 aliphatic rings. The van der Waals surface area contributed by atoms with Gasteiger partial charge in [-0.25, -0.2) is 13.4 Å². The Kier molecular flexibility index (Phi) is 11.2. The van der Waals surface area contributed by atoms with Crippen molar-refractivity contribution >= 4 is 39.0 Å². The van der Waals surface area contributed by atoms with Crippen LogP contribution in [0.4, 0.5) is 0 Å². The van der Waals surface area contributed by atoms with Gasteiger partial charge in [0.2, 0.25) is 15.9 Å². The van der Waals surface area contributed by atoms with Gasteiger partial charge < -0.3 is 14.4 Å². The molecule has 3 aromatic rings. The maximum atomic E-state index is 13.8. The number of thiazole rings is 1. The number of methoxy groups -OCH3 is 2. The van der Waals surface area contributed by atoms with E-state index in [0.29, 0.717) is 35.0 Å². The van der Waals surface area contributed by atoms with Gasteiger partial charge in [-0.3, -0.25) is 19.4 Å². The lowest BCUT2D eigenvalue weighted by Crippen LogP contribution is -2.45. The predicted octanol–water partition coefficient (Wildman–Crippen LogP) is 3.58. The van der Waals surface area contributed by atoms with Crippen molar-refractivity contribution in [2.24, 2.45) is 0 Å². The normalized spacial score (nSPS) is 11.3. The van der Waals surface area contributed by atoms with Crippen LogP contribution >= 0.6 is 11.3 Å². The summed E-state index contributed by atoms with van der Waals surface area (Å²) in [5, 5.41) is 2.86. The second-order valence-corrected chi connectivity index (χ2v) is 12.5. The van der Waals surface area contributed by atoms with Crippen LogP contribution in [0.25, 0.3) is 0 Å². The van der Waals surface area contributed by atoms with Crippen molar-refractivity contribution in [1.82, 2.24) is 19.3 Å². The Morgan fingerprint density at radius 2 is 1.62 bits per heavy atom. The summed E-state index contributed by atoms with van der Waals surface area (Å²) in [6.45, 7) is 3.58. The first-order valence-corrected chi connectivity index (χ1v) is 15.6. The SMILES string of the molecule is COc1cc(C(=O)N(CCCc2ccccc2)Cc2nc(C(=O)CS(=O)(=O)N(C)N(C)C(C)=O)cs2)cc(OC)c1C. The molecule has 0 atom stereocenters. The molecule has 1 heterocycles. The first-order chi connectivity index (χ1) is 19.9. The molecule has 13 heteroatoms. The maximum Gasteiger partial charge on any atom is 0.254 e. The number of aryl methyl sites for hydroxylation is 1. The number of amides is 2. The number of ketones is 1. The molecule has 42 heavy (non-hydrogen) atoms. The molecule has 0 aliphatic carbocycles. The highest BCUT2D eigenvalue weighted by Gasteiger charge is 2.28. The lowest BCUT2D eigenvalue weighted by Gasteiger charge is -2.25. The zero-order chi connectivity index (χ0) is 31.0. The summed E-state index contributed by atoms with van der Waals surface area (Å²) in [5.74, 6) is -1.29. The Labute approximate surface area is 250 Å². The number of benzene rings is 2. The van der Waals surface area contributed by atoms with Crippen molar-refractivity contribution in [3.05, 3.63) is 75.2 Å². The fourth-order valence-corrected chi connectivity index (χ4v) is 6.12. The van der Waals surface area contributed by atoms with E-state index in [4.69, 9.17) is 9.47 Å². The van der Waals surface area contributed by atoms with Crippen LogP contribution in [0.1, 0.15) is 50.3 Å². The highest BCUT2D eigenvalue weighted by atomic mass is 32.2. The summed E-state index contributed by atoms with van der Waals surface area (Å²) in [4.78, 5) is 44.2. The van der Waals surface area contributed by atoms with Gasteiger partial charge in [0.05, 0.1) is 20.8 Å². The molecular weight excluding hydrogens is 580 g/mol. The molecule has 0 aliphatic heterocycles. The van der Waals surface area contributed by atoms with Crippen LogP contribution in [0, 0.1) is 6.92 Å². The number of aromatic nitrogens is 1. The van der Waals surface area contributed by atoms with E-state index in [1.165, 1.54) is 40.6 Å². The number of hydrogen-bond acceptors (Lipinski definition) is 9. The smallest absolute Gasteiger partial charge is 0.254 e. The Morgan fingerprint density at radius 3 is 2.19 bits per heavy atom. The predicted molar refractivity (Wildman–Crippen MR) is 160 cm³/mol. The Hall–Kier alpha value is -3.81. The topological polar surface area (TPSA) is 126 Å². The molecule has 0 radical (unpaired) electrons. The van der Waals surface area contributed by atoms with Gasteiger partial charge in [-0.15, -0.1) is 15.8 Å². The van der Waals surface area contributed by atoms with Crippen LogP contribution in [0.5, 0.6) is 11.5 Å². The van der Waals surface area contributed by atoms with E-state index in [9.17, 15) is 22.8 Å². The van der Waals surface area contributed by atoms with E-state index < -0.39 is 27.5 Å². The van der Waals surface area contributed by atoms with Crippen molar-refractivity contribution < 1.29 is 32.3 Å². The zero-order valence-corrected chi connectivity index (χ0v) is 26.3. The quantitative estimate of drug-likeness (QED) is 0.199. The fraction of sp³-hybridized carbons (Fsp3) is 0.379. The Morgan fingerprint density at radius 1 is 1.00 bits per heavy atom. The van der Waals surface area contributed by atoms with E-state index in [1.54, 1.807) is 17.0 Å². The third kappa shape index (κ3) is 8.14. The molecular formula is C29H36N4O7S2. The van der Waals surface area contributed by atoms with Gasteiger partial charge in [-0.2, -0.15) is 0 Å². The molecule has 0 bridgehead atoms. The number of Topliss-reactive ketones (excluding diaryl/α,β-unsaturated/α-hetero) is 1. The number of carbonyl (C=O) groups is 3. The van der Waals surface area contributed by atoms with Crippen LogP contribution in [-0.4, -0.2) is 85.9 Å². The molecule has 0 unspecified atom stereocenters.